The number of fused-ring (bicyclic) bond motifs is 1. The maximum Gasteiger partial charge on any atom is -0.0125 e. The van der Waals surface area contributed by atoms with Crippen LogP contribution in [0.5, 0.6) is 0 Å². The van der Waals surface area contributed by atoms with Crippen LogP contribution in [0.2, 0.25) is 0 Å². The Kier molecular flexibility index (Phi) is 45.1. The Balaban J connectivity index is -0.0000000534. The molecular formula is C35H66. The predicted octanol–water partition coefficient (Wildman–Crippen LogP) is 13.5. The van der Waals surface area contributed by atoms with Crippen LogP contribution in [0.4, 0.5) is 0 Å². The third-order valence-corrected chi connectivity index (χ3v) is 4.43. The second-order valence-electron chi connectivity index (χ2n) is 6.44. The Morgan fingerprint density at radius 1 is 0.571 bits per heavy atom. The van der Waals surface area contributed by atoms with Crippen LogP contribution < -0.4 is 0 Å². The highest BCUT2D eigenvalue weighted by molar-refractivity contribution is 5.88. The Morgan fingerprint density at radius 3 is 1.34 bits per heavy atom. The van der Waals surface area contributed by atoms with Crippen molar-refractivity contribution in [1.29, 1.82) is 0 Å². The van der Waals surface area contributed by atoms with Gasteiger partial charge in [0.25, 0.3) is 0 Å². The van der Waals surface area contributed by atoms with E-state index in [2.05, 4.69) is 101 Å². The van der Waals surface area contributed by atoms with Gasteiger partial charge in [0.2, 0.25) is 0 Å². The summed E-state index contributed by atoms with van der Waals surface area (Å²) < 4.78 is 0. The predicted molar refractivity (Wildman–Crippen MR) is 178 cm³/mol. The summed E-state index contributed by atoms with van der Waals surface area (Å²) in [7, 11) is 0. The average molecular weight is 487 g/mol. The van der Waals surface area contributed by atoms with Crippen LogP contribution in [-0.2, 0) is 0 Å². The SMILES string of the molecule is C.C.C.C.C.C.C.C.C/C=C\C=C(/C)c1ccccc1C.CC.Cc1cccc2cccc(C)c12. The van der Waals surface area contributed by atoms with Gasteiger partial charge in [-0.15, -0.1) is 0 Å². The van der Waals surface area contributed by atoms with Crippen molar-refractivity contribution in [2.24, 2.45) is 0 Å². The molecule has 0 aliphatic carbocycles. The summed E-state index contributed by atoms with van der Waals surface area (Å²) in [6.07, 6.45) is 6.26. The quantitative estimate of drug-likeness (QED) is 0.316. The molecule has 0 N–H and O–H groups in total. The van der Waals surface area contributed by atoms with E-state index in [1.54, 1.807) is 0 Å². The Morgan fingerprint density at radius 2 is 0.971 bits per heavy atom. The number of rotatable bonds is 2. The van der Waals surface area contributed by atoms with Crippen LogP contribution >= 0.6 is 0 Å². The molecule has 3 rings (SSSR count). The number of hydrogen-bond acceptors (Lipinski definition) is 0. The molecule has 0 radical (unpaired) electrons. The first-order valence-electron chi connectivity index (χ1n) is 9.85. The Hall–Kier alpha value is -2.60. The summed E-state index contributed by atoms with van der Waals surface area (Å²) in [5.41, 5.74) is 6.72. The number of benzene rings is 3. The summed E-state index contributed by atoms with van der Waals surface area (Å²) >= 11 is 0. The van der Waals surface area contributed by atoms with Crippen LogP contribution in [0.15, 0.2) is 78.9 Å². The fourth-order valence-corrected chi connectivity index (χ4v) is 3.09. The van der Waals surface area contributed by atoms with E-state index in [1.165, 1.54) is 38.6 Å². The standard InChI is InChI=1S/C13H16.C12H12.C2H6.8CH4/c1-4-5-8-11(2)13-10-7-6-9-12(13)3;1-9-5-3-7-11-8-4-6-10(2)12(9)11;1-2;;;;;;;;/h4-10H,1-3H3;3-8H,1-2H3;1-2H3;8*1H4/b5-4-,11-8+;;;;;;;;;;. The van der Waals surface area contributed by atoms with Crippen molar-refractivity contribution in [2.45, 2.75) is 108 Å². The molecule has 0 heterocycles. The van der Waals surface area contributed by atoms with Crippen molar-refractivity contribution < 1.29 is 0 Å². The smallest absolute Gasteiger partial charge is 0.0125 e. The summed E-state index contributed by atoms with van der Waals surface area (Å²) in [6.45, 7) is 14.6. The molecule has 0 nitrogen and oxygen atoms in total. The van der Waals surface area contributed by atoms with Crippen LogP contribution in [-0.4, -0.2) is 0 Å². The van der Waals surface area contributed by atoms with Gasteiger partial charge >= 0.3 is 0 Å². The van der Waals surface area contributed by atoms with Crippen molar-refractivity contribution in [3.8, 4) is 0 Å². The lowest BCUT2D eigenvalue weighted by atomic mass is 10.0. The van der Waals surface area contributed by atoms with E-state index < -0.39 is 0 Å². The Labute approximate surface area is 225 Å². The van der Waals surface area contributed by atoms with Gasteiger partial charge in [-0.3, -0.25) is 0 Å². The van der Waals surface area contributed by atoms with Crippen molar-refractivity contribution >= 4 is 16.3 Å². The highest BCUT2D eigenvalue weighted by atomic mass is 14.0. The minimum absolute atomic E-state index is 0. The fourth-order valence-electron chi connectivity index (χ4n) is 3.09. The van der Waals surface area contributed by atoms with Crippen LogP contribution in [0.1, 0.15) is 109 Å². The molecule has 35 heavy (non-hydrogen) atoms. The zero-order valence-electron chi connectivity index (χ0n) is 18.0. The largest absolute Gasteiger partial charge is 0.0877 e. The summed E-state index contributed by atoms with van der Waals surface area (Å²) in [4.78, 5) is 0. The fraction of sp³-hybridized carbons (Fsp3) is 0.429. The summed E-state index contributed by atoms with van der Waals surface area (Å²) in [6, 6.07) is 21.3. The zero-order valence-corrected chi connectivity index (χ0v) is 18.0. The van der Waals surface area contributed by atoms with Gasteiger partial charge in [-0.25, -0.2) is 0 Å². The van der Waals surface area contributed by atoms with E-state index >= 15 is 0 Å². The molecule has 0 aliphatic heterocycles. The summed E-state index contributed by atoms with van der Waals surface area (Å²) in [5, 5.41) is 2.75. The molecule has 3 aromatic rings. The lowest BCUT2D eigenvalue weighted by Gasteiger charge is -2.04. The van der Waals surface area contributed by atoms with Gasteiger partial charge in [0.1, 0.15) is 0 Å². The van der Waals surface area contributed by atoms with E-state index in [0.29, 0.717) is 0 Å². The van der Waals surface area contributed by atoms with E-state index in [1.807, 2.05) is 26.8 Å². The average Bonchev–Trinajstić information content (AvgIpc) is 2.69. The molecule has 206 valence electrons. The van der Waals surface area contributed by atoms with Gasteiger partial charge in [-0.2, -0.15) is 0 Å². The van der Waals surface area contributed by atoms with Crippen molar-refractivity contribution in [3.63, 3.8) is 0 Å². The minimum Gasteiger partial charge on any atom is -0.0877 e. The van der Waals surface area contributed by atoms with E-state index in [4.69, 9.17) is 0 Å². The van der Waals surface area contributed by atoms with Crippen LogP contribution in [0, 0.1) is 20.8 Å². The van der Waals surface area contributed by atoms with E-state index in [0.717, 1.165) is 0 Å². The first-order valence-corrected chi connectivity index (χ1v) is 9.85. The third kappa shape index (κ3) is 16.6. The number of hydrogen-bond donors (Lipinski definition) is 0. The van der Waals surface area contributed by atoms with Crippen LogP contribution in [0.3, 0.4) is 0 Å². The topological polar surface area (TPSA) is 0 Å². The third-order valence-electron chi connectivity index (χ3n) is 4.43. The van der Waals surface area contributed by atoms with Crippen molar-refractivity contribution in [3.05, 3.63) is 101 Å². The number of aryl methyl sites for hydroxylation is 3. The summed E-state index contributed by atoms with van der Waals surface area (Å²) in [5.74, 6) is 0. The normalized spacial score (nSPS) is 8.37. The van der Waals surface area contributed by atoms with Gasteiger partial charge in [-0.1, -0.05) is 152 Å². The second-order valence-corrected chi connectivity index (χ2v) is 6.44. The molecular weight excluding hydrogens is 420 g/mol. The first kappa shape index (κ1) is 53.7. The first-order chi connectivity index (χ1) is 13.0. The van der Waals surface area contributed by atoms with Gasteiger partial charge in [0.15, 0.2) is 0 Å². The molecule has 3 aromatic carbocycles. The van der Waals surface area contributed by atoms with E-state index in [9.17, 15) is 0 Å². The zero-order chi connectivity index (χ0) is 20.2. The lowest BCUT2D eigenvalue weighted by Crippen LogP contribution is -1.83. The van der Waals surface area contributed by atoms with Gasteiger partial charge in [0.05, 0.1) is 0 Å². The molecule has 0 atom stereocenters. The maximum absolute atomic E-state index is 2.16. The monoisotopic (exact) mass is 487 g/mol. The van der Waals surface area contributed by atoms with Gasteiger partial charge < -0.3 is 0 Å². The molecule has 0 saturated heterocycles. The van der Waals surface area contributed by atoms with Gasteiger partial charge in [-0.05, 0) is 73.2 Å². The van der Waals surface area contributed by atoms with Gasteiger partial charge in [0, 0.05) is 0 Å². The maximum atomic E-state index is 2.16. The second kappa shape index (κ2) is 29.4. The molecule has 0 fully saturated rings. The molecule has 0 spiro atoms. The highest BCUT2D eigenvalue weighted by Crippen LogP contribution is 2.21. The van der Waals surface area contributed by atoms with Crippen molar-refractivity contribution in [1.82, 2.24) is 0 Å². The van der Waals surface area contributed by atoms with E-state index in [-0.39, 0.29) is 59.4 Å². The van der Waals surface area contributed by atoms with Crippen LogP contribution in [0.25, 0.3) is 16.3 Å². The molecule has 0 aromatic heterocycles. The molecule has 0 bridgehead atoms. The highest BCUT2D eigenvalue weighted by Gasteiger charge is 1.98. The molecule has 0 unspecified atom stereocenters. The minimum atomic E-state index is 0. The lowest BCUT2D eigenvalue weighted by molar-refractivity contribution is 1.41. The molecule has 0 heteroatoms. The Bertz CT molecular complexity index is 858. The van der Waals surface area contributed by atoms with Crippen molar-refractivity contribution in [2.75, 3.05) is 0 Å². The molecule has 0 aliphatic rings. The molecule has 0 amide bonds. The molecule has 0 saturated carbocycles. The number of allylic oxidation sites excluding steroid dienone is 4.